The van der Waals surface area contributed by atoms with Crippen LogP contribution in [0.3, 0.4) is 0 Å². The Labute approximate surface area is 154 Å². The van der Waals surface area contributed by atoms with E-state index in [9.17, 15) is 4.79 Å². The molecule has 4 rings (SSSR count). The van der Waals surface area contributed by atoms with Crippen LogP contribution in [0.5, 0.6) is 0 Å². The molecule has 27 heavy (non-hydrogen) atoms. The Bertz CT molecular complexity index is 1100. The van der Waals surface area contributed by atoms with Gasteiger partial charge in [-0.15, -0.1) is 0 Å². The minimum atomic E-state index is -0.418. The van der Waals surface area contributed by atoms with Crippen molar-refractivity contribution in [3.05, 3.63) is 71.9 Å². The average Bonchev–Trinajstić information content (AvgIpc) is 3.29. The van der Waals surface area contributed by atoms with Gasteiger partial charge in [-0.05, 0) is 19.9 Å². The third-order valence-electron chi connectivity index (χ3n) is 3.92. The molecule has 0 aliphatic carbocycles. The Morgan fingerprint density at radius 3 is 2.63 bits per heavy atom. The number of carbonyl (C=O) groups excluding carboxylic acids is 1. The number of aryl methyl sites for hydroxylation is 2. The van der Waals surface area contributed by atoms with Crippen molar-refractivity contribution in [3.63, 3.8) is 0 Å². The van der Waals surface area contributed by atoms with E-state index in [1.54, 1.807) is 16.8 Å². The molecule has 3 heterocycles. The van der Waals surface area contributed by atoms with Gasteiger partial charge in [0.2, 0.25) is 0 Å². The molecule has 0 saturated carbocycles. The predicted octanol–water partition coefficient (Wildman–Crippen LogP) is 3.19. The number of rotatable bonds is 4. The summed E-state index contributed by atoms with van der Waals surface area (Å²) in [5.74, 6) is 1.02. The van der Waals surface area contributed by atoms with Gasteiger partial charge in [0.15, 0.2) is 17.3 Å². The van der Waals surface area contributed by atoms with Crippen molar-refractivity contribution in [2.75, 3.05) is 5.32 Å². The number of aromatic nitrogens is 5. The van der Waals surface area contributed by atoms with Crippen LogP contribution in [-0.4, -0.2) is 30.8 Å². The van der Waals surface area contributed by atoms with Crippen LogP contribution in [-0.2, 0) is 0 Å². The molecule has 1 amide bonds. The maximum absolute atomic E-state index is 12.5. The van der Waals surface area contributed by atoms with Gasteiger partial charge in [0.25, 0.3) is 5.91 Å². The van der Waals surface area contributed by atoms with E-state index in [0.717, 1.165) is 17.0 Å². The highest BCUT2D eigenvalue weighted by Crippen LogP contribution is 2.20. The van der Waals surface area contributed by atoms with Crippen molar-refractivity contribution in [1.29, 1.82) is 0 Å². The monoisotopic (exact) mass is 360 g/mol. The maximum Gasteiger partial charge on any atom is 0.279 e. The van der Waals surface area contributed by atoms with Gasteiger partial charge < -0.3 is 9.84 Å². The molecule has 0 atom stereocenters. The van der Waals surface area contributed by atoms with Crippen LogP contribution in [0, 0.1) is 13.8 Å². The van der Waals surface area contributed by atoms with Crippen molar-refractivity contribution < 1.29 is 9.32 Å². The molecule has 1 aromatic carbocycles. The summed E-state index contributed by atoms with van der Waals surface area (Å²) in [5.41, 5.74) is 2.83. The van der Waals surface area contributed by atoms with Gasteiger partial charge in [0.1, 0.15) is 12.1 Å². The molecule has 0 bridgehead atoms. The van der Waals surface area contributed by atoms with E-state index in [4.69, 9.17) is 4.52 Å². The Hall–Kier alpha value is -3.81. The number of amides is 1. The lowest BCUT2D eigenvalue weighted by atomic mass is 10.1. The quantitative estimate of drug-likeness (QED) is 0.600. The van der Waals surface area contributed by atoms with Crippen molar-refractivity contribution in [2.45, 2.75) is 13.8 Å². The molecule has 134 valence electrons. The normalized spacial score (nSPS) is 10.7. The second-order valence-corrected chi connectivity index (χ2v) is 6.00. The van der Waals surface area contributed by atoms with Crippen LogP contribution in [0.4, 0.5) is 5.82 Å². The third-order valence-corrected chi connectivity index (χ3v) is 3.92. The first kappa shape index (κ1) is 16.6. The lowest BCUT2D eigenvalue weighted by Gasteiger charge is -2.06. The molecular weight excluding hydrogens is 344 g/mol. The van der Waals surface area contributed by atoms with E-state index in [1.165, 1.54) is 6.33 Å². The highest BCUT2D eigenvalue weighted by atomic mass is 16.5. The van der Waals surface area contributed by atoms with E-state index < -0.39 is 5.91 Å². The minimum Gasteiger partial charge on any atom is -0.355 e. The smallest absolute Gasteiger partial charge is 0.279 e. The van der Waals surface area contributed by atoms with E-state index in [1.807, 2.05) is 50.2 Å². The van der Waals surface area contributed by atoms with Gasteiger partial charge in [0.05, 0.1) is 5.69 Å². The average molecular weight is 360 g/mol. The summed E-state index contributed by atoms with van der Waals surface area (Å²) in [5, 5.41) is 10.9. The second kappa shape index (κ2) is 6.83. The Morgan fingerprint density at radius 1 is 1.07 bits per heavy atom. The van der Waals surface area contributed by atoms with E-state index in [0.29, 0.717) is 17.4 Å². The van der Waals surface area contributed by atoms with Crippen molar-refractivity contribution in [2.24, 2.45) is 0 Å². The number of benzene rings is 1. The molecule has 0 fully saturated rings. The molecule has 3 aromatic heterocycles. The standard InChI is InChI=1S/C19H16N6O2/c1-12-8-13(2)25(23-12)18-10-17(20-11-21-18)22-19(26)15-9-16(27-24-15)14-6-4-3-5-7-14/h3-11H,1-2H3,(H,20,21,22,26). The number of hydrogen-bond acceptors (Lipinski definition) is 6. The number of hydrogen-bond donors (Lipinski definition) is 1. The molecule has 0 aliphatic heterocycles. The topological polar surface area (TPSA) is 98.7 Å². The van der Waals surface area contributed by atoms with Gasteiger partial charge in [-0.2, -0.15) is 5.10 Å². The SMILES string of the molecule is Cc1cc(C)n(-c2cc(NC(=O)c3cc(-c4ccccc4)on3)ncn2)n1. The highest BCUT2D eigenvalue weighted by Gasteiger charge is 2.15. The summed E-state index contributed by atoms with van der Waals surface area (Å²) in [6, 6.07) is 14.6. The summed E-state index contributed by atoms with van der Waals surface area (Å²) in [7, 11) is 0. The fraction of sp³-hybridized carbons (Fsp3) is 0.105. The van der Waals surface area contributed by atoms with Gasteiger partial charge in [-0.3, -0.25) is 4.79 Å². The Kier molecular flexibility index (Phi) is 4.21. The zero-order valence-corrected chi connectivity index (χ0v) is 14.7. The third kappa shape index (κ3) is 3.45. The molecule has 0 unspecified atom stereocenters. The first-order valence-electron chi connectivity index (χ1n) is 8.29. The summed E-state index contributed by atoms with van der Waals surface area (Å²) < 4.78 is 6.95. The lowest BCUT2D eigenvalue weighted by molar-refractivity contribution is 0.101. The number of nitrogens with zero attached hydrogens (tertiary/aromatic N) is 5. The van der Waals surface area contributed by atoms with Crippen LogP contribution in [0.25, 0.3) is 17.1 Å². The Morgan fingerprint density at radius 2 is 1.89 bits per heavy atom. The molecule has 0 saturated heterocycles. The fourth-order valence-corrected chi connectivity index (χ4v) is 2.69. The van der Waals surface area contributed by atoms with Gasteiger partial charge in [-0.1, -0.05) is 35.5 Å². The minimum absolute atomic E-state index is 0.167. The molecule has 1 N–H and O–H groups in total. The number of nitrogens with one attached hydrogen (secondary N) is 1. The zero-order valence-electron chi connectivity index (χ0n) is 14.7. The molecule has 8 nitrogen and oxygen atoms in total. The lowest BCUT2D eigenvalue weighted by Crippen LogP contribution is -2.14. The van der Waals surface area contributed by atoms with E-state index >= 15 is 0 Å². The molecule has 0 spiro atoms. The van der Waals surface area contributed by atoms with Crippen LogP contribution >= 0.6 is 0 Å². The van der Waals surface area contributed by atoms with Crippen molar-refractivity contribution in [3.8, 4) is 17.1 Å². The first-order chi connectivity index (χ1) is 13.1. The van der Waals surface area contributed by atoms with Crippen LogP contribution in [0.2, 0.25) is 0 Å². The number of carbonyl (C=O) groups is 1. The fourth-order valence-electron chi connectivity index (χ4n) is 2.69. The number of anilines is 1. The van der Waals surface area contributed by atoms with Crippen molar-refractivity contribution in [1.82, 2.24) is 24.9 Å². The highest BCUT2D eigenvalue weighted by molar-refractivity contribution is 6.02. The summed E-state index contributed by atoms with van der Waals surface area (Å²) in [6.07, 6.45) is 1.37. The van der Waals surface area contributed by atoms with Gasteiger partial charge >= 0.3 is 0 Å². The largest absolute Gasteiger partial charge is 0.355 e. The van der Waals surface area contributed by atoms with E-state index in [-0.39, 0.29) is 5.69 Å². The predicted molar refractivity (Wildman–Crippen MR) is 98.5 cm³/mol. The molecule has 0 aliphatic rings. The van der Waals surface area contributed by atoms with Crippen molar-refractivity contribution >= 4 is 11.7 Å². The summed E-state index contributed by atoms with van der Waals surface area (Å²) in [4.78, 5) is 20.8. The summed E-state index contributed by atoms with van der Waals surface area (Å²) >= 11 is 0. The summed E-state index contributed by atoms with van der Waals surface area (Å²) in [6.45, 7) is 3.84. The Balaban J connectivity index is 1.54. The van der Waals surface area contributed by atoms with Gasteiger partial charge in [-0.25, -0.2) is 14.6 Å². The van der Waals surface area contributed by atoms with Gasteiger partial charge in [0, 0.05) is 23.4 Å². The van der Waals surface area contributed by atoms with Crippen LogP contribution in [0.15, 0.2) is 59.4 Å². The van der Waals surface area contributed by atoms with Crippen LogP contribution < -0.4 is 5.32 Å². The molecule has 4 aromatic rings. The molecular formula is C19H16N6O2. The molecule has 8 heteroatoms. The maximum atomic E-state index is 12.5. The zero-order chi connectivity index (χ0) is 18.8. The van der Waals surface area contributed by atoms with Crippen LogP contribution in [0.1, 0.15) is 21.9 Å². The molecule has 0 radical (unpaired) electrons. The first-order valence-corrected chi connectivity index (χ1v) is 8.29. The second-order valence-electron chi connectivity index (χ2n) is 6.00. The van der Waals surface area contributed by atoms with E-state index in [2.05, 4.69) is 25.5 Å².